The van der Waals surface area contributed by atoms with Crippen LogP contribution in [0.3, 0.4) is 0 Å². The molecule has 0 atom stereocenters. The zero-order valence-electron chi connectivity index (χ0n) is 10.5. The number of aryl methyl sites for hydroxylation is 2. The third-order valence-corrected chi connectivity index (χ3v) is 3.08. The van der Waals surface area contributed by atoms with Gasteiger partial charge < -0.3 is 0 Å². The van der Waals surface area contributed by atoms with Gasteiger partial charge in [0.2, 0.25) is 11.8 Å². The summed E-state index contributed by atoms with van der Waals surface area (Å²) in [7, 11) is 1.80. The second-order valence-corrected chi connectivity index (χ2v) is 4.28. The molecule has 1 aliphatic heterocycles. The van der Waals surface area contributed by atoms with Crippen LogP contribution in [0.5, 0.6) is 0 Å². The molecule has 0 saturated carbocycles. The number of barbiturate groups is 1. The molecule has 1 aromatic heterocycles. The normalized spacial score (nSPS) is 16.2. The molecule has 18 heavy (non-hydrogen) atoms. The lowest BCUT2D eigenvalue weighted by molar-refractivity contribution is -0.136. The minimum atomic E-state index is -0.668. The van der Waals surface area contributed by atoms with E-state index in [9.17, 15) is 14.4 Å². The number of nitrogens with one attached hydrogen (secondary N) is 1. The van der Waals surface area contributed by atoms with Crippen molar-refractivity contribution in [1.29, 1.82) is 0 Å². The van der Waals surface area contributed by atoms with E-state index in [2.05, 4.69) is 10.4 Å². The first-order valence-electron chi connectivity index (χ1n) is 5.53. The Bertz CT molecular complexity index is 527. The topological polar surface area (TPSA) is 84.3 Å². The van der Waals surface area contributed by atoms with Gasteiger partial charge in [0.1, 0.15) is 6.42 Å². The average molecular weight is 250 g/mol. The third kappa shape index (κ3) is 1.99. The Morgan fingerprint density at radius 3 is 2.44 bits per heavy atom. The van der Waals surface area contributed by atoms with Crippen molar-refractivity contribution >= 4 is 17.8 Å². The molecule has 7 heteroatoms. The second-order valence-electron chi connectivity index (χ2n) is 4.28. The first-order valence-corrected chi connectivity index (χ1v) is 5.53. The number of carbonyl (C=O) groups excluding carboxylic acids is 3. The number of hydrogen-bond acceptors (Lipinski definition) is 4. The van der Waals surface area contributed by atoms with E-state index in [1.165, 1.54) is 0 Å². The number of urea groups is 1. The van der Waals surface area contributed by atoms with Gasteiger partial charge in [-0.25, -0.2) is 4.79 Å². The summed E-state index contributed by atoms with van der Waals surface area (Å²) < 4.78 is 1.70. The molecule has 0 aliphatic carbocycles. The molecule has 0 unspecified atom stereocenters. The van der Waals surface area contributed by atoms with Crippen LogP contribution < -0.4 is 5.32 Å². The van der Waals surface area contributed by atoms with Gasteiger partial charge in [0.05, 0.1) is 12.2 Å². The first-order chi connectivity index (χ1) is 8.40. The summed E-state index contributed by atoms with van der Waals surface area (Å²) in [6, 6.07) is -0.668. The summed E-state index contributed by atoms with van der Waals surface area (Å²) >= 11 is 0. The van der Waals surface area contributed by atoms with Crippen molar-refractivity contribution in [3.63, 3.8) is 0 Å². The predicted octanol–water partition coefficient (Wildman–Crippen LogP) is 0.00544. The van der Waals surface area contributed by atoms with Crippen molar-refractivity contribution in [3.8, 4) is 0 Å². The van der Waals surface area contributed by atoms with E-state index in [4.69, 9.17) is 0 Å². The van der Waals surface area contributed by atoms with E-state index in [0.717, 1.165) is 21.9 Å². The Balaban J connectivity index is 2.25. The minimum Gasteiger partial charge on any atom is -0.277 e. The zero-order valence-corrected chi connectivity index (χ0v) is 10.5. The third-order valence-electron chi connectivity index (χ3n) is 3.08. The molecular formula is C11H14N4O3. The molecule has 4 amide bonds. The summed E-state index contributed by atoms with van der Waals surface area (Å²) in [6.07, 6.45) is -0.288. The molecular weight excluding hydrogens is 236 g/mol. The highest BCUT2D eigenvalue weighted by atomic mass is 16.2. The summed E-state index contributed by atoms with van der Waals surface area (Å²) in [5, 5.41) is 6.35. The standard InChI is InChI=1S/C11H14N4O3/c1-6-8(7(2)14(3)13-6)5-15-10(17)4-9(16)12-11(15)18/h4-5H2,1-3H3,(H,12,16,18). The number of imide groups is 2. The van der Waals surface area contributed by atoms with E-state index >= 15 is 0 Å². The zero-order chi connectivity index (χ0) is 13.4. The van der Waals surface area contributed by atoms with Gasteiger partial charge >= 0.3 is 6.03 Å². The van der Waals surface area contributed by atoms with Crippen LogP contribution in [0.1, 0.15) is 23.4 Å². The van der Waals surface area contributed by atoms with Crippen molar-refractivity contribution in [2.75, 3.05) is 0 Å². The number of rotatable bonds is 2. The SMILES string of the molecule is Cc1nn(C)c(C)c1CN1C(=O)CC(=O)NC1=O. The Hall–Kier alpha value is -2.18. The fourth-order valence-electron chi connectivity index (χ4n) is 1.94. The quantitative estimate of drug-likeness (QED) is 0.749. The maximum Gasteiger partial charge on any atom is 0.331 e. The highest BCUT2D eigenvalue weighted by molar-refractivity contribution is 6.14. The van der Waals surface area contributed by atoms with Crippen LogP contribution in [-0.4, -0.2) is 32.5 Å². The summed E-state index contributed by atoms with van der Waals surface area (Å²) in [5.41, 5.74) is 2.49. The molecule has 1 N–H and O–H groups in total. The first kappa shape index (κ1) is 12.3. The van der Waals surface area contributed by atoms with Gasteiger partial charge in [-0.3, -0.25) is 24.5 Å². The molecule has 1 fully saturated rings. The average Bonchev–Trinajstić information content (AvgIpc) is 2.48. The number of carbonyl (C=O) groups is 3. The Morgan fingerprint density at radius 1 is 1.28 bits per heavy atom. The molecule has 1 saturated heterocycles. The van der Waals surface area contributed by atoms with Crippen LogP contribution in [0.2, 0.25) is 0 Å². The number of hydrogen-bond donors (Lipinski definition) is 1. The fraction of sp³-hybridized carbons (Fsp3) is 0.455. The molecule has 1 aliphatic rings. The molecule has 0 spiro atoms. The van der Waals surface area contributed by atoms with E-state index in [1.54, 1.807) is 11.7 Å². The van der Waals surface area contributed by atoms with Crippen LogP contribution >= 0.6 is 0 Å². The molecule has 2 heterocycles. The van der Waals surface area contributed by atoms with Gasteiger partial charge in [0.15, 0.2) is 0 Å². The lowest BCUT2D eigenvalue weighted by Gasteiger charge is -2.24. The molecule has 96 valence electrons. The minimum absolute atomic E-state index is 0.142. The van der Waals surface area contributed by atoms with E-state index < -0.39 is 17.8 Å². The molecule has 1 aromatic rings. The van der Waals surface area contributed by atoms with Gasteiger partial charge in [-0.2, -0.15) is 5.10 Å². The van der Waals surface area contributed by atoms with Gasteiger partial charge in [0.25, 0.3) is 0 Å². The lowest BCUT2D eigenvalue weighted by Crippen LogP contribution is -2.52. The van der Waals surface area contributed by atoms with Crippen molar-refractivity contribution in [2.24, 2.45) is 7.05 Å². The molecule has 2 rings (SSSR count). The Kier molecular flexibility index (Phi) is 2.90. The maximum atomic E-state index is 11.7. The predicted molar refractivity (Wildman–Crippen MR) is 61.4 cm³/mol. The molecule has 0 aromatic carbocycles. The number of aromatic nitrogens is 2. The van der Waals surface area contributed by atoms with Crippen LogP contribution in [0, 0.1) is 13.8 Å². The van der Waals surface area contributed by atoms with E-state index in [1.807, 2.05) is 13.8 Å². The molecule has 0 radical (unpaired) electrons. The van der Waals surface area contributed by atoms with Crippen LogP contribution in [0.4, 0.5) is 4.79 Å². The molecule has 0 bridgehead atoms. The van der Waals surface area contributed by atoms with E-state index in [0.29, 0.717) is 0 Å². The number of nitrogens with zero attached hydrogens (tertiary/aromatic N) is 3. The highest BCUT2D eigenvalue weighted by Crippen LogP contribution is 2.16. The fourth-order valence-corrected chi connectivity index (χ4v) is 1.94. The second kappa shape index (κ2) is 4.25. The highest BCUT2D eigenvalue weighted by Gasteiger charge is 2.31. The smallest absolute Gasteiger partial charge is 0.277 e. The van der Waals surface area contributed by atoms with Gasteiger partial charge in [0, 0.05) is 18.3 Å². The Morgan fingerprint density at radius 2 is 1.94 bits per heavy atom. The Labute approximate surface area is 104 Å². The van der Waals surface area contributed by atoms with Gasteiger partial charge in [-0.1, -0.05) is 0 Å². The maximum absolute atomic E-state index is 11.7. The van der Waals surface area contributed by atoms with Crippen LogP contribution in [0.15, 0.2) is 0 Å². The summed E-state index contributed by atoms with van der Waals surface area (Å²) in [6.45, 7) is 3.83. The van der Waals surface area contributed by atoms with Crippen LogP contribution in [0.25, 0.3) is 0 Å². The van der Waals surface area contributed by atoms with Crippen molar-refractivity contribution in [2.45, 2.75) is 26.8 Å². The van der Waals surface area contributed by atoms with Gasteiger partial charge in [-0.15, -0.1) is 0 Å². The monoisotopic (exact) mass is 250 g/mol. The molecule has 7 nitrogen and oxygen atoms in total. The van der Waals surface area contributed by atoms with Crippen molar-refractivity contribution in [1.82, 2.24) is 20.0 Å². The lowest BCUT2D eigenvalue weighted by atomic mass is 10.1. The van der Waals surface area contributed by atoms with Crippen LogP contribution in [-0.2, 0) is 23.2 Å². The summed E-state index contributed by atoms with van der Waals surface area (Å²) in [4.78, 5) is 35.3. The van der Waals surface area contributed by atoms with E-state index in [-0.39, 0.29) is 13.0 Å². The number of amides is 4. The summed E-state index contributed by atoms with van der Waals surface area (Å²) in [5.74, 6) is -1.03. The largest absolute Gasteiger partial charge is 0.331 e. The van der Waals surface area contributed by atoms with Gasteiger partial charge in [-0.05, 0) is 13.8 Å². The van der Waals surface area contributed by atoms with Crippen molar-refractivity contribution in [3.05, 3.63) is 17.0 Å². The van der Waals surface area contributed by atoms with Crippen molar-refractivity contribution < 1.29 is 14.4 Å².